The highest BCUT2D eigenvalue weighted by molar-refractivity contribution is 5.91. The third-order valence-corrected chi connectivity index (χ3v) is 5.31. The van der Waals surface area contributed by atoms with Crippen molar-refractivity contribution in [1.29, 1.82) is 0 Å². The predicted octanol–water partition coefficient (Wildman–Crippen LogP) is 4.98. The number of ether oxygens (including phenoxy) is 1. The van der Waals surface area contributed by atoms with Crippen LogP contribution in [0.15, 0.2) is 70.1 Å². The van der Waals surface area contributed by atoms with Gasteiger partial charge < -0.3 is 24.4 Å². The van der Waals surface area contributed by atoms with E-state index in [0.29, 0.717) is 22.8 Å². The first-order valence-corrected chi connectivity index (χ1v) is 10.3. The van der Waals surface area contributed by atoms with Crippen molar-refractivity contribution in [3.8, 4) is 5.75 Å². The molecule has 2 aromatic carbocycles. The normalized spacial score (nSPS) is 10.8. The number of para-hydroxylation sites is 2. The van der Waals surface area contributed by atoms with E-state index in [1.54, 1.807) is 37.6 Å². The fourth-order valence-electron chi connectivity index (χ4n) is 3.77. The number of carbonyl (C=O) groups excluding carboxylic acids is 1. The number of furan rings is 1. The van der Waals surface area contributed by atoms with E-state index < -0.39 is 0 Å². The van der Waals surface area contributed by atoms with Gasteiger partial charge in [-0.05, 0) is 61.4 Å². The number of hydrogen-bond acceptors (Lipinski definition) is 4. The fraction of sp³-hybridized carbons (Fsp3) is 0.200. The van der Waals surface area contributed by atoms with Gasteiger partial charge in [-0.3, -0.25) is 4.79 Å². The van der Waals surface area contributed by atoms with Crippen LogP contribution in [0.25, 0.3) is 10.9 Å². The average molecular weight is 431 g/mol. The van der Waals surface area contributed by atoms with E-state index in [4.69, 9.17) is 9.15 Å². The molecule has 2 aromatic heterocycles. The maximum atomic E-state index is 13.2. The Morgan fingerprint density at radius 2 is 1.91 bits per heavy atom. The zero-order chi connectivity index (χ0) is 22.7. The molecule has 0 fully saturated rings. The summed E-state index contributed by atoms with van der Waals surface area (Å²) in [6, 6.07) is 16.2. The maximum Gasteiger partial charge on any atom is 0.322 e. The molecule has 0 bridgehead atoms. The van der Waals surface area contributed by atoms with Gasteiger partial charge in [-0.1, -0.05) is 18.2 Å². The summed E-state index contributed by atoms with van der Waals surface area (Å²) in [6.07, 6.45) is 1.56. The second-order valence-corrected chi connectivity index (χ2v) is 7.73. The number of rotatable bonds is 6. The second-order valence-electron chi connectivity index (χ2n) is 7.73. The molecule has 0 radical (unpaired) electrons. The van der Waals surface area contributed by atoms with E-state index >= 15 is 0 Å². The van der Waals surface area contributed by atoms with E-state index in [1.807, 2.05) is 38.1 Å². The number of H-pyrrole nitrogens is 1. The van der Waals surface area contributed by atoms with Crippen LogP contribution in [0.3, 0.4) is 0 Å². The molecule has 0 unspecified atom stereocenters. The fourth-order valence-corrected chi connectivity index (χ4v) is 3.77. The quantitative estimate of drug-likeness (QED) is 0.451. The number of aromatic nitrogens is 1. The maximum absolute atomic E-state index is 13.2. The lowest BCUT2D eigenvalue weighted by atomic mass is 10.0. The van der Waals surface area contributed by atoms with Crippen molar-refractivity contribution >= 4 is 22.6 Å². The number of aryl methyl sites for hydroxylation is 2. The summed E-state index contributed by atoms with van der Waals surface area (Å²) >= 11 is 0. The Balaban J connectivity index is 1.67. The van der Waals surface area contributed by atoms with E-state index in [2.05, 4.69) is 16.4 Å². The summed E-state index contributed by atoms with van der Waals surface area (Å²) in [5, 5.41) is 3.83. The van der Waals surface area contributed by atoms with Gasteiger partial charge in [-0.15, -0.1) is 0 Å². The van der Waals surface area contributed by atoms with Crippen molar-refractivity contribution in [3.63, 3.8) is 0 Å². The molecule has 164 valence electrons. The minimum absolute atomic E-state index is 0.111. The van der Waals surface area contributed by atoms with Crippen LogP contribution in [-0.4, -0.2) is 23.0 Å². The van der Waals surface area contributed by atoms with Gasteiger partial charge in [0.05, 0.1) is 32.1 Å². The molecular weight excluding hydrogens is 406 g/mol. The van der Waals surface area contributed by atoms with Crippen molar-refractivity contribution in [2.45, 2.75) is 26.9 Å². The van der Waals surface area contributed by atoms with Crippen molar-refractivity contribution in [2.75, 3.05) is 12.4 Å². The number of fused-ring (bicyclic) bond motifs is 1. The van der Waals surface area contributed by atoms with Crippen molar-refractivity contribution in [1.82, 2.24) is 9.88 Å². The van der Waals surface area contributed by atoms with Crippen LogP contribution in [0.4, 0.5) is 10.5 Å². The van der Waals surface area contributed by atoms with Crippen molar-refractivity contribution in [2.24, 2.45) is 0 Å². The van der Waals surface area contributed by atoms with Gasteiger partial charge in [-0.25, -0.2) is 4.79 Å². The molecule has 0 aliphatic heterocycles. The number of aromatic amines is 1. The SMILES string of the molecule is COc1ccccc1NC(=O)N(Cc1ccco1)Cc1cc2c(C)cc(C)cc2[nH]c1=O. The average Bonchev–Trinajstić information content (AvgIpc) is 3.27. The van der Waals surface area contributed by atoms with E-state index in [0.717, 1.165) is 22.0 Å². The van der Waals surface area contributed by atoms with Crippen LogP contribution in [0.2, 0.25) is 0 Å². The van der Waals surface area contributed by atoms with Gasteiger partial charge in [0, 0.05) is 16.5 Å². The predicted molar refractivity (Wildman–Crippen MR) is 124 cm³/mol. The van der Waals surface area contributed by atoms with Crippen molar-refractivity contribution in [3.05, 3.63) is 93.7 Å². The zero-order valence-electron chi connectivity index (χ0n) is 18.3. The summed E-state index contributed by atoms with van der Waals surface area (Å²) in [5.74, 6) is 1.16. The first-order valence-electron chi connectivity index (χ1n) is 10.3. The monoisotopic (exact) mass is 431 g/mol. The van der Waals surface area contributed by atoms with Crippen molar-refractivity contribution < 1.29 is 13.9 Å². The Bertz CT molecular complexity index is 1310. The number of benzene rings is 2. The van der Waals surface area contributed by atoms with E-state index in [1.165, 1.54) is 4.90 Å². The number of pyridine rings is 1. The minimum atomic E-state index is -0.369. The summed E-state index contributed by atoms with van der Waals surface area (Å²) in [5.41, 5.74) is 3.74. The second kappa shape index (κ2) is 9.01. The first kappa shape index (κ1) is 21.2. The molecular formula is C25H25N3O4. The van der Waals surface area contributed by atoms with Gasteiger partial charge in [0.15, 0.2) is 0 Å². The third kappa shape index (κ3) is 4.51. The van der Waals surface area contributed by atoms with Crippen LogP contribution >= 0.6 is 0 Å². The van der Waals surface area contributed by atoms with Gasteiger partial charge in [0.25, 0.3) is 5.56 Å². The summed E-state index contributed by atoms with van der Waals surface area (Å²) in [4.78, 5) is 30.5. The molecule has 2 heterocycles. The smallest absolute Gasteiger partial charge is 0.322 e. The molecule has 0 spiro atoms. The summed E-state index contributed by atoms with van der Waals surface area (Å²) in [6.45, 7) is 4.32. The van der Waals surface area contributed by atoms with Gasteiger partial charge in [-0.2, -0.15) is 0 Å². The Morgan fingerprint density at radius 3 is 2.66 bits per heavy atom. The highest BCUT2D eigenvalue weighted by Crippen LogP contribution is 2.24. The molecule has 2 amide bonds. The minimum Gasteiger partial charge on any atom is -0.495 e. The number of anilines is 1. The first-order chi connectivity index (χ1) is 15.4. The van der Waals surface area contributed by atoms with Crippen LogP contribution in [-0.2, 0) is 13.1 Å². The molecule has 0 aliphatic carbocycles. The summed E-state index contributed by atoms with van der Waals surface area (Å²) in [7, 11) is 1.55. The summed E-state index contributed by atoms with van der Waals surface area (Å²) < 4.78 is 10.8. The molecule has 7 heteroatoms. The molecule has 4 aromatic rings. The number of nitrogens with one attached hydrogen (secondary N) is 2. The molecule has 0 atom stereocenters. The largest absolute Gasteiger partial charge is 0.495 e. The third-order valence-electron chi connectivity index (χ3n) is 5.31. The number of nitrogens with zero attached hydrogens (tertiary/aromatic N) is 1. The lowest BCUT2D eigenvalue weighted by Crippen LogP contribution is -2.35. The topological polar surface area (TPSA) is 87.6 Å². The molecule has 7 nitrogen and oxygen atoms in total. The molecule has 0 saturated carbocycles. The molecule has 0 aliphatic rings. The number of hydrogen-bond donors (Lipinski definition) is 2. The number of amides is 2. The van der Waals surface area contributed by atoms with Crippen LogP contribution in [0.5, 0.6) is 5.75 Å². The van der Waals surface area contributed by atoms with Crippen LogP contribution < -0.4 is 15.6 Å². The number of carbonyl (C=O) groups is 1. The van der Waals surface area contributed by atoms with Gasteiger partial charge in [0.2, 0.25) is 0 Å². The standard InChI is InChI=1S/C25H25N3O4/c1-16-11-17(2)20-13-18(24(29)26-22(20)12-16)14-28(15-19-7-6-10-32-19)25(30)27-21-8-4-5-9-23(21)31-3/h4-13H,14-15H2,1-3H3,(H,26,29)(H,27,30). The highest BCUT2D eigenvalue weighted by atomic mass is 16.5. The zero-order valence-corrected chi connectivity index (χ0v) is 18.3. The lowest BCUT2D eigenvalue weighted by molar-refractivity contribution is 0.201. The molecule has 0 saturated heterocycles. The van der Waals surface area contributed by atoms with Crippen LogP contribution in [0, 0.1) is 13.8 Å². The highest BCUT2D eigenvalue weighted by Gasteiger charge is 2.19. The van der Waals surface area contributed by atoms with E-state index in [9.17, 15) is 9.59 Å². The van der Waals surface area contributed by atoms with Gasteiger partial charge >= 0.3 is 6.03 Å². The van der Waals surface area contributed by atoms with Crippen LogP contribution in [0.1, 0.15) is 22.5 Å². The Kier molecular flexibility index (Phi) is 5.98. The number of methoxy groups -OCH3 is 1. The lowest BCUT2D eigenvalue weighted by Gasteiger charge is -2.23. The van der Waals surface area contributed by atoms with E-state index in [-0.39, 0.29) is 24.7 Å². The molecule has 2 N–H and O–H groups in total. The molecule has 32 heavy (non-hydrogen) atoms. The molecule has 4 rings (SSSR count). The Hall–Kier alpha value is -4.00. The Labute approximate surface area is 185 Å². The Morgan fingerprint density at radius 1 is 1.09 bits per heavy atom. The van der Waals surface area contributed by atoms with Gasteiger partial charge in [0.1, 0.15) is 11.5 Å². The number of urea groups is 1.